The lowest BCUT2D eigenvalue weighted by atomic mass is 9.80. The second-order valence-electron chi connectivity index (χ2n) is 7.51. The zero-order chi connectivity index (χ0) is 20.4. The van der Waals surface area contributed by atoms with Crippen LogP contribution in [0.5, 0.6) is 0 Å². The number of halogens is 3. The van der Waals surface area contributed by atoms with E-state index in [1.54, 1.807) is 6.07 Å². The summed E-state index contributed by atoms with van der Waals surface area (Å²) in [6.45, 7) is 1.00. The first kappa shape index (κ1) is 20.4. The van der Waals surface area contributed by atoms with Crippen LogP contribution < -0.4 is 0 Å². The number of carbonyl (C=O) groups is 1. The predicted octanol–water partition coefficient (Wildman–Crippen LogP) is 4.69. The standard InChI is InChI=1S/C22H23F3O3/c1-21(27,22(23,24)25)19-10-9-17-11-16(7-8-18(17)13-19)12-20(26)28-14-15-5-3-2-4-6-15/h2-6,9-10,13,16,27H,7-8,11-12,14H2,1H3. The number of carbonyl (C=O) groups excluding carboxylic acids is 1. The number of hydrogen-bond acceptors (Lipinski definition) is 3. The summed E-state index contributed by atoms with van der Waals surface area (Å²) in [6.07, 6.45) is -2.56. The maximum atomic E-state index is 13.1. The second kappa shape index (κ2) is 7.95. The second-order valence-corrected chi connectivity index (χ2v) is 7.51. The van der Waals surface area contributed by atoms with Crippen molar-refractivity contribution in [3.8, 4) is 0 Å². The van der Waals surface area contributed by atoms with E-state index >= 15 is 0 Å². The van der Waals surface area contributed by atoms with E-state index < -0.39 is 11.8 Å². The SMILES string of the molecule is CC(O)(c1ccc2c(c1)CCC(CC(=O)OCc1ccccc1)C2)C(F)(F)F. The average Bonchev–Trinajstić information content (AvgIpc) is 2.66. The van der Waals surface area contributed by atoms with Crippen molar-refractivity contribution in [2.75, 3.05) is 0 Å². The Hall–Kier alpha value is -2.34. The molecule has 0 saturated carbocycles. The van der Waals surface area contributed by atoms with Gasteiger partial charge < -0.3 is 9.84 Å². The fourth-order valence-corrected chi connectivity index (χ4v) is 3.50. The van der Waals surface area contributed by atoms with Gasteiger partial charge in [-0.1, -0.05) is 48.5 Å². The maximum Gasteiger partial charge on any atom is 0.421 e. The van der Waals surface area contributed by atoms with Crippen LogP contribution in [0.3, 0.4) is 0 Å². The molecule has 0 spiro atoms. The molecule has 1 aliphatic rings. The number of hydrogen-bond donors (Lipinski definition) is 1. The Labute approximate surface area is 162 Å². The smallest absolute Gasteiger partial charge is 0.421 e. The summed E-state index contributed by atoms with van der Waals surface area (Å²) in [5.74, 6) is -0.168. The molecule has 28 heavy (non-hydrogen) atoms. The van der Waals surface area contributed by atoms with Gasteiger partial charge in [-0.25, -0.2) is 0 Å². The number of aliphatic hydroxyl groups is 1. The molecule has 0 aliphatic heterocycles. The van der Waals surface area contributed by atoms with Crippen LogP contribution in [0.15, 0.2) is 48.5 Å². The maximum absolute atomic E-state index is 13.1. The molecule has 2 aromatic carbocycles. The van der Waals surface area contributed by atoms with Gasteiger partial charge in [0.1, 0.15) is 6.61 Å². The minimum atomic E-state index is -4.74. The van der Waals surface area contributed by atoms with Gasteiger partial charge in [-0.05, 0) is 54.4 Å². The van der Waals surface area contributed by atoms with Crippen molar-refractivity contribution in [1.29, 1.82) is 0 Å². The fraction of sp³-hybridized carbons (Fsp3) is 0.409. The quantitative estimate of drug-likeness (QED) is 0.751. The fourth-order valence-electron chi connectivity index (χ4n) is 3.50. The van der Waals surface area contributed by atoms with E-state index in [-0.39, 0.29) is 30.5 Å². The normalized spacial score (nSPS) is 18.8. The topological polar surface area (TPSA) is 46.5 Å². The summed E-state index contributed by atoms with van der Waals surface area (Å²) in [5, 5.41) is 9.86. The highest BCUT2D eigenvalue weighted by molar-refractivity contribution is 5.69. The largest absolute Gasteiger partial charge is 0.461 e. The van der Waals surface area contributed by atoms with Crippen molar-refractivity contribution in [2.24, 2.45) is 5.92 Å². The molecule has 0 bridgehead atoms. The minimum absolute atomic E-state index is 0.102. The lowest BCUT2D eigenvalue weighted by Crippen LogP contribution is -2.39. The molecule has 0 aromatic heterocycles. The number of alkyl halides is 3. The molecule has 2 aromatic rings. The zero-order valence-electron chi connectivity index (χ0n) is 15.6. The van der Waals surface area contributed by atoms with E-state index in [2.05, 4.69) is 0 Å². The summed E-state index contributed by atoms with van der Waals surface area (Å²) in [4.78, 5) is 12.1. The van der Waals surface area contributed by atoms with Crippen molar-refractivity contribution in [1.82, 2.24) is 0 Å². The highest BCUT2D eigenvalue weighted by atomic mass is 19.4. The molecule has 6 heteroatoms. The molecule has 0 saturated heterocycles. The van der Waals surface area contributed by atoms with Gasteiger partial charge in [-0.15, -0.1) is 0 Å². The van der Waals surface area contributed by atoms with Gasteiger partial charge in [0.05, 0.1) is 0 Å². The summed E-state index contributed by atoms with van der Waals surface area (Å²) < 4.78 is 44.5. The molecule has 2 atom stereocenters. The first-order valence-corrected chi connectivity index (χ1v) is 9.28. The molecular weight excluding hydrogens is 369 g/mol. The third-order valence-corrected chi connectivity index (χ3v) is 5.35. The number of aryl methyl sites for hydroxylation is 1. The zero-order valence-corrected chi connectivity index (χ0v) is 15.6. The van der Waals surface area contributed by atoms with Gasteiger partial charge in [-0.2, -0.15) is 13.2 Å². The predicted molar refractivity (Wildman–Crippen MR) is 98.4 cm³/mol. The molecule has 150 valence electrons. The first-order chi connectivity index (χ1) is 13.2. The molecule has 3 rings (SSSR count). The molecule has 0 radical (unpaired) electrons. The van der Waals surface area contributed by atoms with Crippen LogP contribution in [-0.4, -0.2) is 17.3 Å². The molecule has 3 nitrogen and oxygen atoms in total. The first-order valence-electron chi connectivity index (χ1n) is 9.28. The van der Waals surface area contributed by atoms with Crippen LogP contribution in [0.2, 0.25) is 0 Å². The molecule has 1 N–H and O–H groups in total. The highest BCUT2D eigenvalue weighted by Crippen LogP contribution is 2.40. The Morgan fingerprint density at radius 2 is 1.86 bits per heavy atom. The van der Waals surface area contributed by atoms with E-state index in [4.69, 9.17) is 4.74 Å². The van der Waals surface area contributed by atoms with Crippen LogP contribution in [-0.2, 0) is 34.6 Å². The summed E-state index contributed by atoms with van der Waals surface area (Å²) in [7, 11) is 0. The highest BCUT2D eigenvalue weighted by Gasteiger charge is 2.51. The van der Waals surface area contributed by atoms with E-state index in [0.29, 0.717) is 19.3 Å². The Kier molecular flexibility index (Phi) is 5.79. The molecule has 0 heterocycles. The Bertz CT molecular complexity index is 829. The average molecular weight is 392 g/mol. The molecule has 1 aliphatic carbocycles. The summed E-state index contributed by atoms with van der Waals surface area (Å²) in [5.41, 5.74) is -0.376. The summed E-state index contributed by atoms with van der Waals surface area (Å²) in [6, 6.07) is 13.8. The molecular formula is C22H23F3O3. The molecule has 2 unspecified atom stereocenters. The minimum Gasteiger partial charge on any atom is -0.461 e. The number of ether oxygens (including phenoxy) is 1. The van der Waals surface area contributed by atoms with Crippen LogP contribution in [0.4, 0.5) is 13.2 Å². The van der Waals surface area contributed by atoms with E-state index in [1.807, 2.05) is 30.3 Å². The third kappa shape index (κ3) is 4.55. The van der Waals surface area contributed by atoms with Gasteiger partial charge in [0.15, 0.2) is 5.60 Å². The van der Waals surface area contributed by atoms with Crippen LogP contribution in [0.25, 0.3) is 0 Å². The van der Waals surface area contributed by atoms with Crippen molar-refractivity contribution in [3.05, 3.63) is 70.8 Å². The van der Waals surface area contributed by atoms with Crippen LogP contribution >= 0.6 is 0 Å². The van der Waals surface area contributed by atoms with Crippen molar-refractivity contribution in [2.45, 2.75) is 51.0 Å². The monoisotopic (exact) mass is 392 g/mol. The Morgan fingerprint density at radius 1 is 1.14 bits per heavy atom. The number of esters is 1. The third-order valence-electron chi connectivity index (χ3n) is 5.35. The number of benzene rings is 2. The van der Waals surface area contributed by atoms with Crippen molar-refractivity contribution >= 4 is 5.97 Å². The van der Waals surface area contributed by atoms with Crippen molar-refractivity contribution in [3.63, 3.8) is 0 Å². The number of fused-ring (bicyclic) bond motifs is 1. The van der Waals surface area contributed by atoms with Gasteiger partial charge in [-0.3, -0.25) is 4.79 Å². The molecule has 0 fully saturated rings. The lowest BCUT2D eigenvalue weighted by Gasteiger charge is -2.29. The van der Waals surface area contributed by atoms with Crippen LogP contribution in [0.1, 0.15) is 42.0 Å². The molecule has 0 amide bonds. The number of rotatable bonds is 5. The van der Waals surface area contributed by atoms with Crippen LogP contribution in [0, 0.1) is 5.92 Å². The van der Waals surface area contributed by atoms with Gasteiger partial charge in [0.25, 0.3) is 0 Å². The Morgan fingerprint density at radius 3 is 2.54 bits per heavy atom. The van der Waals surface area contributed by atoms with Gasteiger partial charge >= 0.3 is 12.1 Å². The van der Waals surface area contributed by atoms with Gasteiger partial charge in [0.2, 0.25) is 0 Å². The van der Waals surface area contributed by atoms with E-state index in [1.165, 1.54) is 12.1 Å². The van der Waals surface area contributed by atoms with Gasteiger partial charge in [0, 0.05) is 6.42 Å². The van der Waals surface area contributed by atoms with Crippen molar-refractivity contribution < 1.29 is 27.8 Å². The lowest BCUT2D eigenvalue weighted by molar-refractivity contribution is -0.258. The van der Waals surface area contributed by atoms with E-state index in [0.717, 1.165) is 23.6 Å². The van der Waals surface area contributed by atoms with E-state index in [9.17, 15) is 23.1 Å². The summed E-state index contributed by atoms with van der Waals surface area (Å²) >= 11 is 0. The Balaban J connectivity index is 1.59.